The van der Waals surface area contributed by atoms with E-state index in [2.05, 4.69) is 35.3 Å². The molecule has 0 radical (unpaired) electrons. The molecule has 3 aromatic carbocycles. The number of carbonyl (C=O) groups excluding carboxylic acids is 1. The summed E-state index contributed by atoms with van der Waals surface area (Å²) in [6.45, 7) is 0. The predicted molar refractivity (Wildman–Crippen MR) is 102 cm³/mol. The topological polar surface area (TPSA) is 84.9 Å². The minimum atomic E-state index is -0.449. The average Bonchev–Trinajstić information content (AvgIpc) is 3.00. The molecular formula is C21H19N3O. The summed E-state index contributed by atoms with van der Waals surface area (Å²) in [5.41, 5.74) is 15.6. The van der Waals surface area contributed by atoms with Gasteiger partial charge in [-0.2, -0.15) is 0 Å². The molecule has 0 bridgehead atoms. The van der Waals surface area contributed by atoms with Gasteiger partial charge in [0.25, 0.3) is 0 Å². The van der Waals surface area contributed by atoms with Gasteiger partial charge in [-0.25, -0.2) is 0 Å². The molecule has 0 saturated heterocycles. The number of rotatable bonds is 4. The van der Waals surface area contributed by atoms with Crippen LogP contribution in [0.2, 0.25) is 0 Å². The maximum absolute atomic E-state index is 11.4. The minimum absolute atomic E-state index is 0.114. The Morgan fingerprint density at radius 3 is 2.48 bits per heavy atom. The van der Waals surface area contributed by atoms with Crippen LogP contribution in [0.4, 0.5) is 0 Å². The number of primary amides is 1. The molecule has 0 aliphatic carbocycles. The molecule has 1 unspecified atom stereocenters. The predicted octanol–water partition coefficient (Wildman–Crippen LogP) is 3.86. The summed E-state index contributed by atoms with van der Waals surface area (Å²) in [4.78, 5) is 14.9. The lowest BCUT2D eigenvalue weighted by atomic mass is 9.96. The molecule has 4 rings (SSSR count). The third-order valence-corrected chi connectivity index (χ3v) is 4.58. The van der Waals surface area contributed by atoms with Gasteiger partial charge in [-0.05, 0) is 28.5 Å². The van der Waals surface area contributed by atoms with Gasteiger partial charge in [0.05, 0.1) is 5.69 Å². The van der Waals surface area contributed by atoms with Crippen molar-refractivity contribution in [2.45, 2.75) is 12.5 Å². The van der Waals surface area contributed by atoms with Crippen LogP contribution < -0.4 is 11.5 Å². The van der Waals surface area contributed by atoms with E-state index in [0.29, 0.717) is 0 Å². The van der Waals surface area contributed by atoms with Gasteiger partial charge in [0.15, 0.2) is 0 Å². The van der Waals surface area contributed by atoms with Crippen LogP contribution >= 0.6 is 0 Å². The van der Waals surface area contributed by atoms with E-state index in [4.69, 9.17) is 11.5 Å². The van der Waals surface area contributed by atoms with Crippen molar-refractivity contribution in [1.82, 2.24) is 4.98 Å². The van der Waals surface area contributed by atoms with Crippen LogP contribution in [0.25, 0.3) is 32.9 Å². The van der Waals surface area contributed by atoms with Crippen LogP contribution in [0.5, 0.6) is 0 Å². The molecule has 0 aliphatic rings. The van der Waals surface area contributed by atoms with E-state index in [-0.39, 0.29) is 6.42 Å². The fourth-order valence-electron chi connectivity index (χ4n) is 3.44. The molecular weight excluding hydrogens is 310 g/mol. The van der Waals surface area contributed by atoms with E-state index in [9.17, 15) is 4.79 Å². The summed E-state index contributed by atoms with van der Waals surface area (Å²) in [5.74, 6) is -0.401. The number of nitrogens with one attached hydrogen (secondary N) is 1. The lowest BCUT2D eigenvalue weighted by Crippen LogP contribution is -2.21. The molecule has 4 heteroatoms. The van der Waals surface area contributed by atoms with E-state index in [1.807, 2.05) is 36.4 Å². The van der Waals surface area contributed by atoms with Crippen molar-refractivity contribution in [2.24, 2.45) is 11.5 Å². The van der Waals surface area contributed by atoms with Gasteiger partial charge in [-0.3, -0.25) is 4.79 Å². The molecule has 0 aliphatic heterocycles. The Labute approximate surface area is 145 Å². The monoisotopic (exact) mass is 329 g/mol. The number of H-pyrrole nitrogens is 1. The van der Waals surface area contributed by atoms with Crippen molar-refractivity contribution in [2.75, 3.05) is 0 Å². The fourth-order valence-corrected chi connectivity index (χ4v) is 3.44. The number of fused-ring (bicyclic) bond motifs is 2. The molecule has 0 fully saturated rings. The first kappa shape index (κ1) is 15.4. The summed E-state index contributed by atoms with van der Waals surface area (Å²) in [6.07, 6.45) is 0.114. The van der Waals surface area contributed by atoms with Crippen molar-refractivity contribution in [3.63, 3.8) is 0 Å². The van der Waals surface area contributed by atoms with Crippen molar-refractivity contribution in [1.29, 1.82) is 0 Å². The number of hydrogen-bond acceptors (Lipinski definition) is 2. The first-order valence-corrected chi connectivity index (χ1v) is 8.27. The van der Waals surface area contributed by atoms with E-state index >= 15 is 0 Å². The van der Waals surface area contributed by atoms with Crippen molar-refractivity contribution in [3.8, 4) is 11.3 Å². The molecule has 1 amide bonds. The Balaban J connectivity index is 1.94. The fraction of sp³-hybridized carbons (Fsp3) is 0.0952. The molecule has 124 valence electrons. The number of aromatic nitrogens is 1. The van der Waals surface area contributed by atoms with Crippen LogP contribution in [0.15, 0.2) is 66.7 Å². The number of hydrogen-bond donors (Lipinski definition) is 3. The second-order valence-corrected chi connectivity index (χ2v) is 6.30. The average molecular weight is 329 g/mol. The zero-order chi connectivity index (χ0) is 17.4. The number of amides is 1. The summed E-state index contributed by atoms with van der Waals surface area (Å²) in [5, 5.41) is 3.37. The Bertz CT molecular complexity index is 1080. The van der Waals surface area contributed by atoms with E-state index in [1.54, 1.807) is 0 Å². The molecule has 0 saturated carbocycles. The Kier molecular flexibility index (Phi) is 3.75. The smallest absolute Gasteiger partial charge is 0.219 e. The number of aromatic amines is 1. The van der Waals surface area contributed by atoms with Gasteiger partial charge >= 0.3 is 0 Å². The summed E-state index contributed by atoms with van der Waals surface area (Å²) in [6, 6.07) is 22.1. The van der Waals surface area contributed by atoms with E-state index in [0.717, 1.165) is 33.1 Å². The first-order valence-electron chi connectivity index (χ1n) is 8.27. The maximum atomic E-state index is 11.4. The van der Waals surface area contributed by atoms with Crippen molar-refractivity contribution >= 4 is 27.6 Å². The number of carbonyl (C=O) groups is 1. The summed E-state index contributed by atoms with van der Waals surface area (Å²) < 4.78 is 0. The van der Waals surface area contributed by atoms with Crippen LogP contribution in [-0.2, 0) is 4.79 Å². The standard InChI is InChI=1S/C21H19N3O/c22-17(12-19(23)25)20-16-7-3-4-8-18(16)24-21(20)15-10-9-13-5-1-2-6-14(13)11-15/h1-11,17,24H,12,22H2,(H2,23,25). The van der Waals surface area contributed by atoms with Gasteiger partial charge in [0.1, 0.15) is 0 Å². The third kappa shape index (κ3) is 2.77. The highest BCUT2D eigenvalue weighted by Crippen LogP contribution is 2.36. The summed E-state index contributed by atoms with van der Waals surface area (Å²) in [7, 11) is 0. The van der Waals surface area contributed by atoms with Gasteiger partial charge in [0, 0.05) is 28.9 Å². The highest BCUT2D eigenvalue weighted by molar-refractivity contribution is 5.94. The van der Waals surface area contributed by atoms with Gasteiger partial charge < -0.3 is 16.5 Å². The van der Waals surface area contributed by atoms with Crippen LogP contribution in [0.3, 0.4) is 0 Å². The second-order valence-electron chi connectivity index (χ2n) is 6.30. The molecule has 25 heavy (non-hydrogen) atoms. The normalized spacial score (nSPS) is 12.5. The number of para-hydroxylation sites is 1. The largest absolute Gasteiger partial charge is 0.370 e. The second kappa shape index (κ2) is 6.07. The van der Waals surface area contributed by atoms with Gasteiger partial charge in [0.2, 0.25) is 5.91 Å². The summed E-state index contributed by atoms with van der Waals surface area (Å²) >= 11 is 0. The lowest BCUT2D eigenvalue weighted by molar-refractivity contribution is -0.118. The first-order chi connectivity index (χ1) is 12.1. The maximum Gasteiger partial charge on any atom is 0.219 e. The SMILES string of the molecule is NC(=O)CC(N)c1c(-c2ccc3ccccc3c2)[nH]c2ccccc12. The van der Waals surface area contributed by atoms with Crippen LogP contribution in [0, 0.1) is 0 Å². The quantitative estimate of drug-likeness (QED) is 0.531. The number of benzene rings is 3. The van der Waals surface area contributed by atoms with Crippen LogP contribution in [-0.4, -0.2) is 10.9 Å². The van der Waals surface area contributed by atoms with Crippen molar-refractivity contribution in [3.05, 3.63) is 72.3 Å². The Hall–Kier alpha value is -3.11. The molecule has 1 atom stereocenters. The zero-order valence-corrected chi connectivity index (χ0v) is 13.7. The molecule has 0 spiro atoms. The van der Waals surface area contributed by atoms with E-state index < -0.39 is 11.9 Å². The molecule has 4 aromatic rings. The van der Waals surface area contributed by atoms with Gasteiger partial charge in [-0.15, -0.1) is 0 Å². The molecule has 5 N–H and O–H groups in total. The Morgan fingerprint density at radius 2 is 1.68 bits per heavy atom. The number of nitrogens with two attached hydrogens (primary N) is 2. The Morgan fingerprint density at radius 1 is 0.960 bits per heavy atom. The molecule has 1 heterocycles. The van der Waals surface area contributed by atoms with Crippen LogP contribution in [0.1, 0.15) is 18.0 Å². The zero-order valence-electron chi connectivity index (χ0n) is 13.7. The van der Waals surface area contributed by atoms with Crippen molar-refractivity contribution < 1.29 is 4.79 Å². The molecule has 4 nitrogen and oxygen atoms in total. The minimum Gasteiger partial charge on any atom is -0.370 e. The highest BCUT2D eigenvalue weighted by atomic mass is 16.1. The highest BCUT2D eigenvalue weighted by Gasteiger charge is 2.20. The van der Waals surface area contributed by atoms with E-state index in [1.165, 1.54) is 5.39 Å². The lowest BCUT2D eigenvalue weighted by Gasteiger charge is -2.13. The van der Waals surface area contributed by atoms with Gasteiger partial charge in [-0.1, -0.05) is 54.6 Å². The molecule has 1 aromatic heterocycles. The third-order valence-electron chi connectivity index (χ3n) is 4.58.